The Morgan fingerprint density at radius 3 is 1.53 bits per heavy atom. The molecule has 1 atom stereocenters. The van der Waals surface area contributed by atoms with Crippen LogP contribution in [0.5, 0.6) is 0 Å². The van der Waals surface area contributed by atoms with Crippen molar-refractivity contribution in [1.29, 1.82) is 0 Å². The fraction of sp³-hybridized carbons (Fsp3) is 0.0233. The summed E-state index contributed by atoms with van der Waals surface area (Å²) >= 11 is 0. The highest BCUT2D eigenvalue weighted by atomic mass is 16.3. The monoisotopic (exact) mass is 604 g/mol. The third kappa shape index (κ3) is 4.30. The molecule has 47 heavy (non-hydrogen) atoms. The van der Waals surface area contributed by atoms with Crippen LogP contribution >= 0.6 is 0 Å². The fourth-order valence-corrected chi connectivity index (χ4v) is 7.01. The smallest absolute Gasteiger partial charge is 0.136 e. The number of hydrogen-bond donors (Lipinski definition) is 2. The Labute approximate surface area is 270 Å². The largest absolute Gasteiger partial charge is 0.456 e. The highest BCUT2D eigenvalue weighted by Crippen LogP contribution is 2.40. The Hall–Kier alpha value is -6.26. The highest BCUT2D eigenvalue weighted by molar-refractivity contribution is 6.15. The van der Waals surface area contributed by atoms with Crippen LogP contribution < -0.4 is 10.6 Å². The van der Waals surface area contributed by atoms with E-state index >= 15 is 0 Å². The van der Waals surface area contributed by atoms with Gasteiger partial charge in [-0.25, -0.2) is 0 Å². The average molecular weight is 605 g/mol. The zero-order chi connectivity index (χ0) is 30.9. The standard InChI is InChI=1S/C43H28N2O2/c1-2-6-30(7-3-1)43-44-37-20-18-32(23-38(37)45-43)29-16-12-27(13-17-29)26-10-14-28(15-11-26)31-19-21-40-34(22-31)36-25-41-35(24-42(36)47-40)33-8-4-5-9-39(33)46-41/h1-25,43-45H. The van der Waals surface area contributed by atoms with Gasteiger partial charge in [0.05, 0.1) is 11.4 Å². The summed E-state index contributed by atoms with van der Waals surface area (Å²) in [5.74, 6) is 0. The Kier molecular flexibility index (Phi) is 5.60. The maximum atomic E-state index is 6.28. The molecular formula is C43H28N2O2. The van der Waals surface area contributed by atoms with Crippen LogP contribution in [0.25, 0.3) is 77.3 Å². The first-order valence-electron chi connectivity index (χ1n) is 15.9. The molecule has 0 saturated carbocycles. The van der Waals surface area contributed by atoms with E-state index in [0.29, 0.717) is 0 Å². The van der Waals surface area contributed by atoms with Crippen molar-refractivity contribution >= 4 is 55.3 Å². The highest BCUT2D eigenvalue weighted by Gasteiger charge is 2.21. The van der Waals surface area contributed by atoms with Crippen molar-refractivity contribution in [3.63, 3.8) is 0 Å². The first-order chi connectivity index (χ1) is 23.2. The predicted molar refractivity (Wildman–Crippen MR) is 194 cm³/mol. The SMILES string of the molecule is c1ccc(C2Nc3ccc(-c4ccc(-c5ccc(-c6ccc7oc8cc9c(cc8c7c6)oc6ccccc69)cc5)cc4)cc3N2)cc1. The number of hydrogen-bond acceptors (Lipinski definition) is 4. The minimum atomic E-state index is 0.0847. The first kappa shape index (κ1) is 26.0. The lowest BCUT2D eigenvalue weighted by atomic mass is 9.97. The van der Waals surface area contributed by atoms with Crippen molar-refractivity contribution in [2.45, 2.75) is 6.17 Å². The number of fused-ring (bicyclic) bond motifs is 7. The van der Waals surface area contributed by atoms with Crippen LogP contribution in [-0.2, 0) is 0 Å². The second-order valence-electron chi connectivity index (χ2n) is 12.3. The molecule has 0 spiro atoms. The zero-order valence-corrected chi connectivity index (χ0v) is 25.3. The Balaban J connectivity index is 0.912. The predicted octanol–water partition coefficient (Wildman–Crippen LogP) is 12.0. The second-order valence-corrected chi connectivity index (χ2v) is 12.3. The van der Waals surface area contributed by atoms with Crippen LogP contribution in [0.2, 0.25) is 0 Å². The molecule has 222 valence electrons. The Morgan fingerprint density at radius 2 is 0.830 bits per heavy atom. The number of benzene rings is 7. The molecule has 1 unspecified atom stereocenters. The lowest BCUT2D eigenvalue weighted by Crippen LogP contribution is -2.11. The van der Waals surface area contributed by atoms with Crippen LogP contribution in [0, 0.1) is 0 Å². The van der Waals surface area contributed by atoms with Crippen molar-refractivity contribution in [3.8, 4) is 33.4 Å². The minimum absolute atomic E-state index is 0.0847. The van der Waals surface area contributed by atoms with Crippen LogP contribution in [0.4, 0.5) is 11.4 Å². The van der Waals surface area contributed by atoms with Crippen LogP contribution in [0.3, 0.4) is 0 Å². The van der Waals surface area contributed by atoms with Crippen LogP contribution in [0.15, 0.2) is 160 Å². The van der Waals surface area contributed by atoms with Crippen molar-refractivity contribution in [3.05, 3.63) is 157 Å². The summed E-state index contributed by atoms with van der Waals surface area (Å²) in [6.45, 7) is 0. The Morgan fingerprint density at radius 1 is 0.340 bits per heavy atom. The van der Waals surface area contributed by atoms with Gasteiger partial charge in [-0.15, -0.1) is 0 Å². The van der Waals surface area contributed by atoms with Gasteiger partial charge >= 0.3 is 0 Å². The van der Waals surface area contributed by atoms with E-state index in [1.54, 1.807) is 0 Å². The third-order valence-electron chi connectivity index (χ3n) is 9.49. The summed E-state index contributed by atoms with van der Waals surface area (Å²) < 4.78 is 12.5. The van der Waals surface area contributed by atoms with Gasteiger partial charge < -0.3 is 19.5 Å². The van der Waals surface area contributed by atoms with Crippen molar-refractivity contribution in [2.75, 3.05) is 10.6 Å². The zero-order valence-electron chi connectivity index (χ0n) is 25.3. The topological polar surface area (TPSA) is 50.3 Å². The molecule has 4 heteroatoms. The number of furan rings is 2. The van der Waals surface area contributed by atoms with E-state index in [0.717, 1.165) is 60.8 Å². The molecule has 0 saturated heterocycles. The van der Waals surface area contributed by atoms with E-state index in [1.165, 1.54) is 33.4 Å². The van der Waals surface area contributed by atoms with E-state index in [1.807, 2.05) is 24.3 Å². The van der Waals surface area contributed by atoms with Gasteiger partial charge in [0.1, 0.15) is 28.5 Å². The molecule has 2 N–H and O–H groups in total. The second kappa shape index (κ2) is 10.1. The molecule has 1 aliphatic rings. The number of rotatable bonds is 4. The number of anilines is 2. The van der Waals surface area contributed by atoms with Gasteiger partial charge in [0.15, 0.2) is 0 Å². The first-order valence-corrected chi connectivity index (χ1v) is 15.9. The molecule has 7 aromatic carbocycles. The molecule has 4 nitrogen and oxygen atoms in total. The molecule has 10 rings (SSSR count). The van der Waals surface area contributed by atoms with E-state index in [9.17, 15) is 0 Å². The summed E-state index contributed by atoms with van der Waals surface area (Å²) in [5, 5.41) is 11.5. The van der Waals surface area contributed by atoms with E-state index in [2.05, 4.69) is 138 Å². The Bertz CT molecular complexity index is 2610. The van der Waals surface area contributed by atoms with Gasteiger partial charge in [-0.1, -0.05) is 109 Å². The lowest BCUT2D eigenvalue weighted by molar-refractivity contribution is 0.664. The van der Waals surface area contributed by atoms with Crippen molar-refractivity contribution in [1.82, 2.24) is 0 Å². The molecular weight excluding hydrogens is 576 g/mol. The minimum Gasteiger partial charge on any atom is -0.456 e. The van der Waals surface area contributed by atoms with Crippen molar-refractivity contribution in [2.24, 2.45) is 0 Å². The summed E-state index contributed by atoms with van der Waals surface area (Å²) in [6.07, 6.45) is 0.0847. The maximum Gasteiger partial charge on any atom is 0.136 e. The third-order valence-corrected chi connectivity index (χ3v) is 9.49. The summed E-state index contributed by atoms with van der Waals surface area (Å²) in [4.78, 5) is 0. The molecule has 3 heterocycles. The number of nitrogens with one attached hydrogen (secondary N) is 2. The summed E-state index contributed by atoms with van der Waals surface area (Å²) in [7, 11) is 0. The van der Waals surface area contributed by atoms with Crippen molar-refractivity contribution < 1.29 is 8.83 Å². The van der Waals surface area contributed by atoms with Gasteiger partial charge in [0.25, 0.3) is 0 Å². The van der Waals surface area contributed by atoms with Gasteiger partial charge in [-0.3, -0.25) is 0 Å². The quantitative estimate of drug-likeness (QED) is 0.210. The fourth-order valence-electron chi connectivity index (χ4n) is 7.01. The van der Waals surface area contributed by atoms with E-state index < -0.39 is 0 Å². The van der Waals surface area contributed by atoms with Crippen LogP contribution in [0.1, 0.15) is 11.7 Å². The van der Waals surface area contributed by atoms with Gasteiger partial charge in [0, 0.05) is 21.5 Å². The van der Waals surface area contributed by atoms with Gasteiger partial charge in [0.2, 0.25) is 0 Å². The molecule has 0 aliphatic carbocycles. The normalized spacial score (nSPS) is 14.1. The van der Waals surface area contributed by atoms with Gasteiger partial charge in [-0.05, 0) is 81.4 Å². The lowest BCUT2D eigenvalue weighted by Gasteiger charge is -2.12. The maximum absolute atomic E-state index is 6.28. The summed E-state index contributed by atoms with van der Waals surface area (Å²) in [5.41, 5.74) is 14.1. The molecule has 1 aliphatic heterocycles. The summed E-state index contributed by atoms with van der Waals surface area (Å²) in [6, 6.07) is 53.5. The number of para-hydroxylation sites is 1. The molecule has 0 amide bonds. The average Bonchev–Trinajstić information content (AvgIpc) is 3.83. The molecule has 2 aromatic heterocycles. The van der Waals surface area contributed by atoms with E-state index in [4.69, 9.17) is 8.83 Å². The van der Waals surface area contributed by atoms with Gasteiger partial charge in [-0.2, -0.15) is 0 Å². The molecule has 0 bridgehead atoms. The molecule has 0 radical (unpaired) electrons. The van der Waals surface area contributed by atoms with Crippen LogP contribution in [-0.4, -0.2) is 0 Å². The molecule has 9 aromatic rings. The van der Waals surface area contributed by atoms with E-state index in [-0.39, 0.29) is 6.17 Å². The molecule has 0 fully saturated rings.